The molecule has 29 heavy (non-hydrogen) atoms. The normalized spacial score (nSPS) is 10.7. The van der Waals surface area contributed by atoms with Crippen LogP contribution in [0.2, 0.25) is 0 Å². The molecule has 0 unspecified atom stereocenters. The topological polar surface area (TPSA) is 52.6 Å². The number of pyridine rings is 1. The number of aromatic nitrogens is 1. The molecule has 3 rings (SSSR count). The van der Waals surface area contributed by atoms with Crippen molar-refractivity contribution in [2.75, 3.05) is 37.3 Å². The molecule has 0 aliphatic rings. The molecule has 0 aliphatic heterocycles. The van der Waals surface area contributed by atoms with E-state index in [-0.39, 0.29) is 0 Å². The second-order valence-corrected chi connectivity index (χ2v) is 7.09. The number of alkyl halides is 2. The molecule has 0 spiro atoms. The molecule has 1 N–H and O–H groups in total. The van der Waals surface area contributed by atoms with Gasteiger partial charge in [-0.25, -0.2) is 4.98 Å². The van der Waals surface area contributed by atoms with Gasteiger partial charge in [0.05, 0.1) is 19.2 Å². The third-order valence-corrected chi connectivity index (χ3v) is 4.74. The van der Waals surface area contributed by atoms with Gasteiger partial charge >= 0.3 is 0 Å². The highest BCUT2D eigenvalue weighted by Gasteiger charge is 2.09. The number of nitrogens with zero attached hydrogens (tertiary/aromatic N) is 1. The summed E-state index contributed by atoms with van der Waals surface area (Å²) < 4.78 is 17.1. The lowest BCUT2D eigenvalue weighted by molar-refractivity contribution is 0.295. The third kappa shape index (κ3) is 6.05. The van der Waals surface area contributed by atoms with Crippen LogP contribution >= 0.6 is 23.2 Å². The predicted octanol–water partition coefficient (Wildman–Crippen LogP) is 6.08. The summed E-state index contributed by atoms with van der Waals surface area (Å²) in [7, 11) is 1.62. The lowest BCUT2D eigenvalue weighted by Gasteiger charge is -2.12. The van der Waals surface area contributed by atoms with Crippen molar-refractivity contribution >= 4 is 39.8 Å². The molecule has 1 aromatic heterocycles. The van der Waals surface area contributed by atoms with Crippen molar-refractivity contribution in [3.63, 3.8) is 0 Å². The number of halogens is 2. The molecule has 2 aromatic carbocycles. The van der Waals surface area contributed by atoms with E-state index in [1.807, 2.05) is 48.5 Å². The molecule has 5 nitrogen and oxygen atoms in total. The summed E-state index contributed by atoms with van der Waals surface area (Å²) >= 11 is 11.4. The first-order chi connectivity index (χ1) is 14.2. The van der Waals surface area contributed by atoms with Crippen molar-refractivity contribution in [2.24, 2.45) is 0 Å². The van der Waals surface area contributed by atoms with Gasteiger partial charge in [-0.2, -0.15) is 0 Å². The minimum Gasteiger partial charge on any atom is -0.493 e. The number of ether oxygens (including phenoxy) is 3. The Morgan fingerprint density at radius 1 is 0.931 bits per heavy atom. The van der Waals surface area contributed by atoms with E-state index in [2.05, 4.69) is 10.3 Å². The van der Waals surface area contributed by atoms with E-state index < -0.39 is 0 Å². The second kappa shape index (κ2) is 11.0. The lowest BCUT2D eigenvalue weighted by atomic mass is 10.2. The van der Waals surface area contributed by atoms with Crippen LogP contribution < -0.4 is 19.5 Å². The monoisotopic (exact) mass is 434 g/mol. The molecular formula is C22H24Cl2N2O3. The van der Waals surface area contributed by atoms with Gasteiger partial charge in [0.1, 0.15) is 5.75 Å². The van der Waals surface area contributed by atoms with Crippen LogP contribution in [0, 0.1) is 0 Å². The molecular weight excluding hydrogens is 411 g/mol. The maximum absolute atomic E-state index is 5.91. The molecule has 0 bridgehead atoms. The van der Waals surface area contributed by atoms with Gasteiger partial charge in [0.25, 0.3) is 0 Å². The SMILES string of the molecule is COc1cc2ccc(Oc3ccc(NCCCCl)cc3)nc2cc1OCCCCl. The fourth-order valence-corrected chi connectivity index (χ4v) is 2.98. The van der Waals surface area contributed by atoms with Gasteiger partial charge in [0.15, 0.2) is 11.5 Å². The van der Waals surface area contributed by atoms with E-state index in [1.165, 1.54) is 0 Å². The lowest BCUT2D eigenvalue weighted by Crippen LogP contribution is -2.01. The number of nitrogens with one attached hydrogen (secondary N) is 1. The number of rotatable bonds is 11. The number of methoxy groups -OCH3 is 1. The van der Waals surface area contributed by atoms with Gasteiger partial charge in [0, 0.05) is 41.5 Å². The molecule has 0 fully saturated rings. The summed E-state index contributed by atoms with van der Waals surface area (Å²) in [4.78, 5) is 4.60. The van der Waals surface area contributed by atoms with E-state index in [1.54, 1.807) is 7.11 Å². The zero-order chi connectivity index (χ0) is 20.5. The van der Waals surface area contributed by atoms with Crippen LogP contribution in [0.4, 0.5) is 5.69 Å². The van der Waals surface area contributed by atoms with Crippen LogP contribution in [-0.4, -0.2) is 37.0 Å². The maximum atomic E-state index is 5.91. The zero-order valence-electron chi connectivity index (χ0n) is 16.3. The summed E-state index contributed by atoms with van der Waals surface area (Å²) in [5.41, 5.74) is 1.79. The van der Waals surface area contributed by atoms with Crippen molar-refractivity contribution < 1.29 is 14.2 Å². The van der Waals surface area contributed by atoms with Crippen molar-refractivity contribution in [2.45, 2.75) is 12.8 Å². The molecule has 0 radical (unpaired) electrons. The van der Waals surface area contributed by atoms with E-state index in [9.17, 15) is 0 Å². The Morgan fingerprint density at radius 3 is 2.45 bits per heavy atom. The summed E-state index contributed by atoms with van der Waals surface area (Å²) in [6.45, 7) is 1.36. The van der Waals surface area contributed by atoms with E-state index in [4.69, 9.17) is 37.4 Å². The highest BCUT2D eigenvalue weighted by molar-refractivity contribution is 6.18. The Hall–Kier alpha value is -2.37. The third-order valence-electron chi connectivity index (χ3n) is 4.20. The molecule has 0 amide bonds. The van der Waals surface area contributed by atoms with Gasteiger partial charge in [-0.3, -0.25) is 0 Å². The van der Waals surface area contributed by atoms with Crippen molar-refractivity contribution in [1.82, 2.24) is 4.98 Å². The molecule has 0 aliphatic carbocycles. The largest absolute Gasteiger partial charge is 0.493 e. The van der Waals surface area contributed by atoms with Gasteiger partial charge in [-0.05, 0) is 49.2 Å². The van der Waals surface area contributed by atoms with Gasteiger partial charge in [0.2, 0.25) is 5.88 Å². The molecule has 1 heterocycles. The van der Waals surface area contributed by atoms with E-state index in [0.717, 1.165) is 36.0 Å². The Morgan fingerprint density at radius 2 is 1.72 bits per heavy atom. The van der Waals surface area contributed by atoms with Crippen LogP contribution in [-0.2, 0) is 0 Å². The Kier molecular flexibility index (Phi) is 8.08. The highest BCUT2D eigenvalue weighted by atomic mass is 35.5. The summed E-state index contributed by atoms with van der Waals surface area (Å²) in [6, 6.07) is 15.3. The van der Waals surface area contributed by atoms with Crippen LogP contribution in [0.5, 0.6) is 23.1 Å². The molecule has 0 saturated heterocycles. The van der Waals surface area contributed by atoms with Gasteiger partial charge in [-0.1, -0.05) is 0 Å². The smallest absolute Gasteiger partial charge is 0.219 e. The number of hydrogen-bond donors (Lipinski definition) is 1. The summed E-state index contributed by atoms with van der Waals surface area (Å²) in [5, 5.41) is 4.25. The first-order valence-corrected chi connectivity index (χ1v) is 10.6. The average Bonchev–Trinajstić information content (AvgIpc) is 2.75. The van der Waals surface area contributed by atoms with Gasteiger partial charge < -0.3 is 19.5 Å². The average molecular weight is 435 g/mol. The second-order valence-electron chi connectivity index (χ2n) is 6.33. The minimum atomic E-state index is 0.511. The maximum Gasteiger partial charge on any atom is 0.219 e. The van der Waals surface area contributed by atoms with Crippen LogP contribution in [0.15, 0.2) is 48.5 Å². The highest BCUT2D eigenvalue weighted by Crippen LogP contribution is 2.33. The molecule has 0 atom stereocenters. The quantitative estimate of drug-likeness (QED) is 0.292. The molecule has 154 valence electrons. The summed E-state index contributed by atoms with van der Waals surface area (Å²) in [5.74, 6) is 3.73. The molecule has 7 heteroatoms. The zero-order valence-corrected chi connectivity index (χ0v) is 17.8. The first-order valence-electron chi connectivity index (χ1n) is 9.49. The number of fused-ring (bicyclic) bond motifs is 1. The predicted molar refractivity (Wildman–Crippen MR) is 119 cm³/mol. The number of benzene rings is 2. The first kappa shape index (κ1) is 21.3. The van der Waals surface area contributed by atoms with Crippen molar-refractivity contribution in [1.29, 1.82) is 0 Å². The van der Waals surface area contributed by atoms with Gasteiger partial charge in [-0.15, -0.1) is 23.2 Å². The fourth-order valence-electron chi connectivity index (χ4n) is 2.74. The molecule has 0 saturated carbocycles. The van der Waals surface area contributed by atoms with Crippen molar-refractivity contribution in [3.8, 4) is 23.1 Å². The molecule has 3 aromatic rings. The van der Waals surface area contributed by atoms with Crippen LogP contribution in [0.1, 0.15) is 12.8 Å². The fraction of sp³-hybridized carbons (Fsp3) is 0.318. The Labute approximate surface area is 180 Å². The summed E-state index contributed by atoms with van der Waals surface area (Å²) in [6.07, 6.45) is 1.68. The van der Waals surface area contributed by atoms with Crippen LogP contribution in [0.3, 0.4) is 0 Å². The van der Waals surface area contributed by atoms with E-state index >= 15 is 0 Å². The Bertz CT molecular complexity index is 920. The van der Waals surface area contributed by atoms with Crippen molar-refractivity contribution in [3.05, 3.63) is 48.5 Å². The minimum absolute atomic E-state index is 0.511. The van der Waals surface area contributed by atoms with E-state index in [0.29, 0.717) is 41.5 Å². The Balaban J connectivity index is 1.74. The van der Waals surface area contributed by atoms with Crippen LogP contribution in [0.25, 0.3) is 10.9 Å². The standard InChI is InChI=1S/C22H24Cl2N2O3/c1-27-20-14-16-4-9-22(26-19(16)15-21(20)28-13-3-11-24)29-18-7-5-17(6-8-18)25-12-2-10-23/h4-9,14-15,25H,2-3,10-13H2,1H3. The number of anilines is 1. The number of hydrogen-bond acceptors (Lipinski definition) is 5.